The molecule has 7 unspecified atom stereocenters. The first-order valence-electron chi connectivity index (χ1n) is 14.6. The highest BCUT2D eigenvalue weighted by atomic mass is 35.5. The second kappa shape index (κ2) is 11.4. The number of nitrogens with two attached hydrogens (primary N) is 2. The van der Waals surface area contributed by atoms with Crippen molar-refractivity contribution in [1.29, 1.82) is 0 Å². The van der Waals surface area contributed by atoms with Crippen molar-refractivity contribution in [2.75, 3.05) is 31.0 Å². The highest BCUT2D eigenvalue weighted by molar-refractivity contribution is 6.30. The summed E-state index contributed by atoms with van der Waals surface area (Å²) in [6, 6.07) is 1.68. The first-order valence-corrected chi connectivity index (χ1v) is 15.0. The number of ketones is 1. The third kappa shape index (κ3) is 5.03. The Balaban J connectivity index is 0.00000156. The SMILES string of the molecule is CC.COC[C@]12CCC(C)CC1CCC1C3CCC(C(=O)CN(N)c4cc(Cl)cnc4N)C3(C)CCC12. The third-order valence-electron chi connectivity index (χ3n) is 10.9. The molecule has 0 radical (unpaired) electrons. The number of methoxy groups -OCH3 is 1. The minimum Gasteiger partial charge on any atom is -0.384 e. The van der Waals surface area contributed by atoms with Crippen molar-refractivity contribution >= 4 is 28.9 Å². The summed E-state index contributed by atoms with van der Waals surface area (Å²) in [4.78, 5) is 17.7. The number of carbonyl (C=O) groups excluding carboxylic acids is 1. The number of nitrogen functional groups attached to an aromatic ring is 1. The molecule has 1 aromatic heterocycles. The molecule has 0 amide bonds. The van der Waals surface area contributed by atoms with Crippen LogP contribution >= 0.6 is 11.6 Å². The van der Waals surface area contributed by atoms with Gasteiger partial charge in [0.2, 0.25) is 0 Å². The van der Waals surface area contributed by atoms with E-state index >= 15 is 0 Å². The number of Topliss-reactive ketones (excluding diaryl/α,β-unsaturated/α-hetero) is 1. The van der Waals surface area contributed by atoms with Crippen LogP contribution in [0.5, 0.6) is 0 Å². The molecular weight excluding hydrogens is 484 g/mol. The van der Waals surface area contributed by atoms with Gasteiger partial charge in [-0.25, -0.2) is 10.8 Å². The number of pyridine rings is 1. The number of hydrogen-bond donors (Lipinski definition) is 2. The van der Waals surface area contributed by atoms with E-state index in [1.165, 1.54) is 49.7 Å². The fourth-order valence-corrected chi connectivity index (χ4v) is 9.53. The average Bonchev–Trinajstić information content (AvgIpc) is 3.24. The van der Waals surface area contributed by atoms with E-state index in [0.29, 0.717) is 33.8 Å². The van der Waals surface area contributed by atoms with Crippen LogP contribution < -0.4 is 16.6 Å². The number of hydrazine groups is 1. The summed E-state index contributed by atoms with van der Waals surface area (Å²) in [6.45, 7) is 9.88. The quantitative estimate of drug-likeness (QED) is 0.320. The Labute approximate surface area is 229 Å². The van der Waals surface area contributed by atoms with E-state index < -0.39 is 0 Å². The Morgan fingerprint density at radius 2 is 1.92 bits per heavy atom. The fraction of sp³-hybridized carbons (Fsp3) is 0.800. The number of halogens is 1. The summed E-state index contributed by atoms with van der Waals surface area (Å²) >= 11 is 6.10. The Hall–Kier alpha value is -1.37. The molecular formula is C30H49ClN4O2. The summed E-state index contributed by atoms with van der Waals surface area (Å²) < 4.78 is 5.93. The molecule has 6 nitrogen and oxygen atoms in total. The van der Waals surface area contributed by atoms with Crippen molar-refractivity contribution in [3.05, 3.63) is 17.3 Å². The molecule has 0 aromatic carbocycles. The Kier molecular flexibility index (Phi) is 8.82. The molecule has 4 fully saturated rings. The molecule has 4 aliphatic carbocycles. The first kappa shape index (κ1) is 28.6. The van der Waals surface area contributed by atoms with E-state index in [-0.39, 0.29) is 23.7 Å². The van der Waals surface area contributed by atoms with Gasteiger partial charge in [-0.1, -0.05) is 45.7 Å². The Morgan fingerprint density at radius 3 is 2.65 bits per heavy atom. The predicted molar refractivity (Wildman–Crippen MR) is 152 cm³/mol. The Bertz CT molecular complexity index is 960. The lowest BCUT2D eigenvalue weighted by Gasteiger charge is -2.62. The number of hydrogen-bond acceptors (Lipinski definition) is 6. The van der Waals surface area contributed by atoms with Gasteiger partial charge in [0.1, 0.15) is 5.82 Å². The van der Waals surface area contributed by atoms with Crippen LogP contribution in [-0.4, -0.2) is 31.0 Å². The van der Waals surface area contributed by atoms with E-state index in [4.69, 9.17) is 27.9 Å². The van der Waals surface area contributed by atoms with Crippen LogP contribution in [0.3, 0.4) is 0 Å². The molecule has 0 aliphatic heterocycles. The minimum atomic E-state index is 0.0512. The summed E-state index contributed by atoms with van der Waals surface area (Å²) in [7, 11) is 1.89. The van der Waals surface area contributed by atoms with Gasteiger partial charge < -0.3 is 10.5 Å². The van der Waals surface area contributed by atoms with E-state index in [1.807, 2.05) is 21.0 Å². The van der Waals surface area contributed by atoms with E-state index in [2.05, 4.69) is 18.8 Å². The summed E-state index contributed by atoms with van der Waals surface area (Å²) in [5.74, 6) is 10.6. The minimum absolute atomic E-state index is 0.0512. The second-order valence-corrected chi connectivity index (χ2v) is 13.0. The van der Waals surface area contributed by atoms with Gasteiger partial charge in [0.05, 0.1) is 23.9 Å². The molecule has 4 aliphatic rings. The second-order valence-electron chi connectivity index (χ2n) is 12.5. The maximum absolute atomic E-state index is 13.6. The predicted octanol–water partition coefficient (Wildman–Crippen LogP) is 6.51. The van der Waals surface area contributed by atoms with Crippen molar-refractivity contribution < 1.29 is 9.53 Å². The van der Waals surface area contributed by atoms with E-state index in [1.54, 1.807) is 6.07 Å². The van der Waals surface area contributed by atoms with Gasteiger partial charge >= 0.3 is 0 Å². The summed E-state index contributed by atoms with van der Waals surface area (Å²) in [6.07, 6.45) is 12.7. The van der Waals surface area contributed by atoms with Gasteiger partial charge in [0.25, 0.3) is 0 Å². The van der Waals surface area contributed by atoms with Crippen molar-refractivity contribution in [3.63, 3.8) is 0 Å². The highest BCUT2D eigenvalue weighted by Crippen LogP contribution is 2.68. The molecule has 4 N–H and O–H groups in total. The number of rotatable bonds is 6. The Morgan fingerprint density at radius 1 is 1.16 bits per heavy atom. The number of ether oxygens (including phenoxy) is 1. The molecule has 1 aromatic rings. The van der Waals surface area contributed by atoms with Crippen LogP contribution in [0.2, 0.25) is 5.02 Å². The van der Waals surface area contributed by atoms with Crippen molar-refractivity contribution in [2.45, 2.75) is 85.5 Å². The molecule has 0 bridgehead atoms. The number of aromatic nitrogens is 1. The van der Waals surface area contributed by atoms with Crippen LogP contribution in [0.4, 0.5) is 11.5 Å². The largest absolute Gasteiger partial charge is 0.384 e. The smallest absolute Gasteiger partial charge is 0.157 e. The first-order chi connectivity index (χ1) is 17.7. The zero-order valence-electron chi connectivity index (χ0n) is 23.6. The molecule has 37 heavy (non-hydrogen) atoms. The normalized spacial score (nSPS) is 38.5. The topological polar surface area (TPSA) is 94.5 Å². The zero-order chi connectivity index (χ0) is 27.0. The molecule has 5 rings (SSSR count). The van der Waals surface area contributed by atoms with Gasteiger partial charge in [-0.05, 0) is 97.9 Å². The number of anilines is 2. The number of nitrogens with zero attached hydrogens (tertiary/aromatic N) is 2. The van der Waals surface area contributed by atoms with Gasteiger partial charge in [0.15, 0.2) is 5.78 Å². The average molecular weight is 533 g/mol. The van der Waals surface area contributed by atoms with Crippen molar-refractivity contribution in [2.24, 2.45) is 52.2 Å². The fourth-order valence-electron chi connectivity index (χ4n) is 9.38. The monoisotopic (exact) mass is 532 g/mol. The van der Waals surface area contributed by atoms with Crippen LogP contribution in [0.15, 0.2) is 12.3 Å². The highest BCUT2D eigenvalue weighted by Gasteiger charge is 2.62. The van der Waals surface area contributed by atoms with E-state index in [0.717, 1.165) is 43.6 Å². The summed E-state index contributed by atoms with van der Waals surface area (Å²) in [5.41, 5.74) is 6.93. The lowest BCUT2D eigenvalue weighted by atomic mass is 9.44. The lowest BCUT2D eigenvalue weighted by molar-refractivity contribution is -0.154. The maximum atomic E-state index is 13.6. The molecule has 4 saturated carbocycles. The summed E-state index contributed by atoms with van der Waals surface area (Å²) in [5, 5.41) is 1.89. The molecule has 208 valence electrons. The van der Waals surface area contributed by atoms with Crippen LogP contribution in [0.1, 0.15) is 85.5 Å². The molecule has 1 heterocycles. The van der Waals surface area contributed by atoms with Gasteiger partial charge in [-0.2, -0.15) is 0 Å². The molecule has 0 saturated heterocycles. The molecule has 7 heteroatoms. The van der Waals surface area contributed by atoms with Crippen LogP contribution in [-0.2, 0) is 9.53 Å². The lowest BCUT2D eigenvalue weighted by Crippen LogP contribution is -2.56. The van der Waals surface area contributed by atoms with Gasteiger partial charge in [0, 0.05) is 19.2 Å². The number of carbonyl (C=O) groups is 1. The zero-order valence-corrected chi connectivity index (χ0v) is 24.4. The third-order valence-corrected chi connectivity index (χ3v) is 11.1. The standard InChI is InChI=1S/C28H43ClN4O2.C2H6/c1-17-8-11-28(16-35-3)18(12-17)4-5-20-21-6-7-23(27(21,2)10-9-22(20)28)25(34)15-33(31)24-13-19(29)14-32-26(24)30;1-2/h13-14,17-18,20-23H,4-12,15-16,31H2,1-3H3,(H2,30,32);1-2H3/t17?,18?,20?,21?,22?,23?,27?,28-;/m1./s1. The van der Waals surface area contributed by atoms with Crippen LogP contribution in [0, 0.1) is 46.3 Å². The van der Waals surface area contributed by atoms with Crippen LogP contribution in [0.25, 0.3) is 0 Å². The number of fused-ring (bicyclic) bond motifs is 5. The van der Waals surface area contributed by atoms with Gasteiger partial charge in [-0.3, -0.25) is 9.80 Å². The van der Waals surface area contributed by atoms with Crippen molar-refractivity contribution in [1.82, 2.24) is 4.98 Å². The van der Waals surface area contributed by atoms with Crippen molar-refractivity contribution in [3.8, 4) is 0 Å². The molecule has 0 spiro atoms. The van der Waals surface area contributed by atoms with E-state index in [9.17, 15) is 4.79 Å². The van der Waals surface area contributed by atoms with Gasteiger partial charge in [-0.15, -0.1) is 0 Å². The molecule has 8 atom stereocenters. The maximum Gasteiger partial charge on any atom is 0.157 e.